The molecule has 118 valence electrons. The number of hydrogen-bond donors (Lipinski definition) is 1. The van der Waals surface area contributed by atoms with Gasteiger partial charge in [0.1, 0.15) is 17.3 Å². The molecule has 0 spiro atoms. The Balaban J connectivity index is 1.44. The molecule has 7 nitrogen and oxygen atoms in total. The van der Waals surface area contributed by atoms with Gasteiger partial charge in [0.25, 0.3) is 0 Å². The maximum atomic E-state index is 12.3. The molecule has 1 N–H and O–H groups in total. The lowest BCUT2D eigenvalue weighted by atomic mass is 10.1. The summed E-state index contributed by atoms with van der Waals surface area (Å²) in [5, 5.41) is 16.2. The van der Waals surface area contributed by atoms with Crippen molar-refractivity contribution in [3.05, 3.63) is 41.6 Å². The lowest BCUT2D eigenvalue weighted by Gasteiger charge is -2.24. The molecule has 1 unspecified atom stereocenters. The van der Waals surface area contributed by atoms with Gasteiger partial charge in [-0.15, -0.1) is 10.2 Å². The molecule has 3 heterocycles. The van der Waals surface area contributed by atoms with Gasteiger partial charge in [-0.1, -0.05) is 17.3 Å². The van der Waals surface area contributed by atoms with Crippen LogP contribution in [0.4, 0.5) is 0 Å². The summed E-state index contributed by atoms with van der Waals surface area (Å²) in [5.41, 5.74) is 1.38. The summed E-state index contributed by atoms with van der Waals surface area (Å²) in [5.74, 6) is 1.85. The molecule has 0 radical (unpaired) electrons. The Morgan fingerprint density at radius 1 is 1.39 bits per heavy atom. The maximum absolute atomic E-state index is 12.3. The third kappa shape index (κ3) is 2.58. The van der Waals surface area contributed by atoms with Crippen molar-refractivity contribution in [2.24, 2.45) is 0 Å². The molecule has 1 aromatic carbocycles. The largest absolute Gasteiger partial charge is 0.356 e. The Morgan fingerprint density at radius 2 is 2.26 bits per heavy atom. The van der Waals surface area contributed by atoms with Crippen LogP contribution in [0.5, 0.6) is 0 Å². The highest BCUT2D eigenvalue weighted by molar-refractivity contribution is 5.86. The van der Waals surface area contributed by atoms with E-state index in [0.29, 0.717) is 11.3 Å². The van der Waals surface area contributed by atoms with Crippen molar-refractivity contribution in [2.45, 2.75) is 38.8 Å². The van der Waals surface area contributed by atoms with E-state index in [1.54, 1.807) is 0 Å². The molecule has 1 aliphatic heterocycles. The van der Waals surface area contributed by atoms with Gasteiger partial charge in [0.05, 0.1) is 6.42 Å². The molecule has 7 heteroatoms. The molecule has 1 atom stereocenters. The summed E-state index contributed by atoms with van der Waals surface area (Å²) in [7, 11) is 0. The van der Waals surface area contributed by atoms with E-state index in [0.717, 1.165) is 36.4 Å². The van der Waals surface area contributed by atoms with Gasteiger partial charge in [-0.2, -0.15) is 0 Å². The molecule has 4 rings (SSSR count). The second-order valence-corrected chi connectivity index (χ2v) is 5.88. The lowest BCUT2D eigenvalue weighted by molar-refractivity contribution is -0.121. The van der Waals surface area contributed by atoms with Crippen LogP contribution in [-0.4, -0.2) is 31.9 Å². The summed E-state index contributed by atoms with van der Waals surface area (Å²) >= 11 is 0. The van der Waals surface area contributed by atoms with Crippen molar-refractivity contribution >= 4 is 16.9 Å². The smallest absolute Gasteiger partial charge is 0.226 e. The number of nitrogens with zero attached hydrogens (tertiary/aromatic N) is 4. The monoisotopic (exact) mass is 311 g/mol. The lowest BCUT2D eigenvalue weighted by Crippen LogP contribution is -2.42. The van der Waals surface area contributed by atoms with Gasteiger partial charge in [0.15, 0.2) is 5.58 Å². The van der Waals surface area contributed by atoms with Crippen LogP contribution in [0.2, 0.25) is 0 Å². The molecule has 1 aliphatic rings. The number of benzene rings is 1. The van der Waals surface area contributed by atoms with Crippen LogP contribution >= 0.6 is 0 Å². The number of carbonyl (C=O) groups excluding carboxylic acids is 1. The maximum Gasteiger partial charge on any atom is 0.226 e. The number of fused-ring (bicyclic) bond motifs is 2. The first-order chi connectivity index (χ1) is 11.2. The molecule has 0 bridgehead atoms. The Kier molecular flexibility index (Phi) is 3.33. The number of aryl methyl sites for hydroxylation is 2. The number of amides is 1. The first-order valence-electron chi connectivity index (χ1n) is 7.72. The highest BCUT2D eigenvalue weighted by Crippen LogP contribution is 2.19. The van der Waals surface area contributed by atoms with Crippen molar-refractivity contribution in [3.8, 4) is 0 Å². The van der Waals surface area contributed by atoms with Crippen LogP contribution in [0, 0.1) is 6.92 Å². The highest BCUT2D eigenvalue weighted by atomic mass is 16.5. The van der Waals surface area contributed by atoms with Crippen LogP contribution in [-0.2, 0) is 24.2 Å². The van der Waals surface area contributed by atoms with Crippen LogP contribution in [0.25, 0.3) is 11.0 Å². The summed E-state index contributed by atoms with van der Waals surface area (Å²) in [6.45, 7) is 2.65. The van der Waals surface area contributed by atoms with Crippen LogP contribution in [0.15, 0.2) is 28.8 Å². The van der Waals surface area contributed by atoms with E-state index in [2.05, 4.69) is 25.2 Å². The summed E-state index contributed by atoms with van der Waals surface area (Å²) in [4.78, 5) is 12.3. The molecule has 2 aromatic heterocycles. The van der Waals surface area contributed by atoms with Crippen LogP contribution in [0.3, 0.4) is 0 Å². The van der Waals surface area contributed by atoms with Gasteiger partial charge < -0.3 is 14.4 Å². The van der Waals surface area contributed by atoms with E-state index in [-0.39, 0.29) is 18.4 Å². The first-order valence-corrected chi connectivity index (χ1v) is 7.72. The number of nitrogens with one attached hydrogen (secondary N) is 1. The van der Waals surface area contributed by atoms with Crippen molar-refractivity contribution < 1.29 is 9.32 Å². The van der Waals surface area contributed by atoms with E-state index in [1.807, 2.05) is 31.2 Å². The Morgan fingerprint density at radius 3 is 3.17 bits per heavy atom. The molecule has 1 amide bonds. The molecule has 23 heavy (non-hydrogen) atoms. The molecule has 0 saturated carbocycles. The average molecular weight is 311 g/mol. The number of hydrogen-bond acceptors (Lipinski definition) is 5. The van der Waals surface area contributed by atoms with E-state index < -0.39 is 0 Å². The molecule has 3 aromatic rings. The van der Waals surface area contributed by atoms with Crippen LogP contribution in [0.1, 0.15) is 23.8 Å². The second kappa shape index (κ2) is 5.49. The van der Waals surface area contributed by atoms with E-state index >= 15 is 0 Å². The van der Waals surface area contributed by atoms with Gasteiger partial charge in [-0.25, -0.2) is 0 Å². The zero-order valence-electron chi connectivity index (χ0n) is 12.8. The molecule has 0 saturated heterocycles. The fraction of sp³-hybridized carbons (Fsp3) is 0.375. The van der Waals surface area contributed by atoms with Crippen molar-refractivity contribution in [2.75, 3.05) is 0 Å². The number of aromatic nitrogens is 4. The van der Waals surface area contributed by atoms with Crippen molar-refractivity contribution in [3.63, 3.8) is 0 Å². The SMILES string of the molecule is Cc1nnc2n1CC(NC(=O)Cc1noc3ccccc13)CC2. The highest BCUT2D eigenvalue weighted by Gasteiger charge is 2.23. The van der Waals surface area contributed by atoms with Gasteiger partial charge >= 0.3 is 0 Å². The van der Waals surface area contributed by atoms with Gasteiger partial charge in [-0.3, -0.25) is 4.79 Å². The van der Waals surface area contributed by atoms with E-state index in [9.17, 15) is 4.79 Å². The minimum absolute atomic E-state index is 0.0387. The van der Waals surface area contributed by atoms with Crippen LogP contribution < -0.4 is 5.32 Å². The van der Waals surface area contributed by atoms with Gasteiger partial charge in [-0.05, 0) is 25.5 Å². The zero-order valence-corrected chi connectivity index (χ0v) is 12.8. The summed E-state index contributed by atoms with van der Waals surface area (Å²) in [6.07, 6.45) is 1.93. The minimum Gasteiger partial charge on any atom is -0.356 e. The van der Waals surface area contributed by atoms with E-state index in [4.69, 9.17) is 4.52 Å². The quantitative estimate of drug-likeness (QED) is 0.790. The standard InChI is InChI=1S/C16H17N5O2/c1-10-18-19-15-7-6-11(9-21(10)15)17-16(22)8-13-12-4-2-3-5-14(12)23-20-13/h2-5,11H,6-9H2,1H3,(H,17,22). The summed E-state index contributed by atoms with van der Waals surface area (Å²) in [6, 6.07) is 7.67. The molecular weight excluding hydrogens is 294 g/mol. The van der Waals surface area contributed by atoms with Gasteiger partial charge in [0, 0.05) is 24.4 Å². The predicted molar refractivity (Wildman–Crippen MR) is 82.7 cm³/mol. The van der Waals surface area contributed by atoms with Gasteiger partial charge in [0.2, 0.25) is 5.91 Å². The minimum atomic E-state index is -0.0387. The van der Waals surface area contributed by atoms with Crippen molar-refractivity contribution in [1.82, 2.24) is 25.2 Å². The second-order valence-electron chi connectivity index (χ2n) is 5.88. The van der Waals surface area contributed by atoms with Crippen molar-refractivity contribution in [1.29, 1.82) is 0 Å². The first kappa shape index (κ1) is 13.9. The predicted octanol–water partition coefficient (Wildman–Crippen LogP) is 1.40. The zero-order chi connectivity index (χ0) is 15.8. The fourth-order valence-corrected chi connectivity index (χ4v) is 3.08. The number of rotatable bonds is 3. The summed E-state index contributed by atoms with van der Waals surface area (Å²) < 4.78 is 7.31. The Hall–Kier alpha value is -2.70. The molecular formula is C16H17N5O2. The third-order valence-electron chi connectivity index (χ3n) is 4.28. The number of carbonyl (C=O) groups is 1. The molecule has 0 fully saturated rings. The average Bonchev–Trinajstić information content (AvgIpc) is 3.12. The Labute approximate surface area is 132 Å². The molecule has 0 aliphatic carbocycles. The topological polar surface area (TPSA) is 85.8 Å². The van der Waals surface area contributed by atoms with E-state index in [1.165, 1.54) is 0 Å². The normalized spacial score (nSPS) is 17.2. The Bertz CT molecular complexity index is 866. The fourth-order valence-electron chi connectivity index (χ4n) is 3.08. The third-order valence-corrected chi connectivity index (χ3v) is 4.28. The number of para-hydroxylation sites is 1.